The number of rotatable bonds is 7. The molecule has 2 aliphatic heterocycles. The molecule has 0 spiro atoms. The van der Waals surface area contributed by atoms with Gasteiger partial charge < -0.3 is 14.8 Å². The number of thiazole rings is 1. The zero-order valence-electron chi connectivity index (χ0n) is 19.4. The second-order valence-corrected chi connectivity index (χ2v) is 10.4. The largest absolute Gasteiger partial charge is 0.491 e. The fourth-order valence-electron chi connectivity index (χ4n) is 4.44. The fraction of sp³-hybridized carbons (Fsp3) is 0.417. The van der Waals surface area contributed by atoms with Crippen LogP contribution in [0.2, 0.25) is 0 Å². The van der Waals surface area contributed by atoms with E-state index in [0.29, 0.717) is 23.3 Å². The minimum Gasteiger partial charge on any atom is -0.491 e. The summed E-state index contributed by atoms with van der Waals surface area (Å²) in [4.78, 5) is 24.8. The van der Waals surface area contributed by atoms with Gasteiger partial charge >= 0.3 is 6.18 Å². The second kappa shape index (κ2) is 9.07. The van der Waals surface area contributed by atoms with Gasteiger partial charge in [-0.15, -0.1) is 11.3 Å². The Morgan fingerprint density at radius 3 is 2.56 bits per heavy atom. The molecular weight excluding hydrogens is 500 g/mol. The van der Waals surface area contributed by atoms with E-state index in [1.54, 1.807) is 6.20 Å². The molecule has 1 aromatic carbocycles. The number of nitrogens with zero attached hydrogens (tertiary/aromatic N) is 3. The second-order valence-electron chi connectivity index (χ2n) is 9.20. The molecule has 1 atom stereocenters. The molecule has 1 amide bonds. The number of aryl methyl sites for hydroxylation is 1. The number of hydrogen-bond donors (Lipinski definition) is 1. The lowest BCUT2D eigenvalue weighted by atomic mass is 9.75. The highest BCUT2D eigenvalue weighted by molar-refractivity contribution is 7.14. The van der Waals surface area contributed by atoms with Gasteiger partial charge in [0.05, 0.1) is 23.8 Å². The molecule has 2 bridgehead atoms. The van der Waals surface area contributed by atoms with Crippen LogP contribution in [-0.4, -0.2) is 39.7 Å². The summed E-state index contributed by atoms with van der Waals surface area (Å²) >= 11 is 1.28. The third-order valence-electron chi connectivity index (χ3n) is 6.36. The average molecular weight is 523 g/mol. The number of benzene rings is 1. The number of fused-ring (bicyclic) bond motifs is 1. The molecule has 3 fully saturated rings. The van der Waals surface area contributed by atoms with Gasteiger partial charge in [-0.05, 0) is 44.7 Å². The lowest BCUT2D eigenvalue weighted by Crippen LogP contribution is -2.42. The molecule has 7 nitrogen and oxygen atoms in total. The van der Waals surface area contributed by atoms with Crippen LogP contribution in [0.1, 0.15) is 52.4 Å². The highest BCUT2D eigenvalue weighted by Crippen LogP contribution is 2.48. The molecule has 12 heteroatoms. The number of alkyl halides is 3. The third-order valence-corrected chi connectivity index (χ3v) is 7.31. The average Bonchev–Trinajstić information content (AvgIpc) is 3.54. The lowest BCUT2D eigenvalue weighted by molar-refractivity contribution is -0.145. The third kappa shape index (κ3) is 4.79. The standard InChI is InChI=1S/C24H22F4N4O3S/c1-12-7-29-21(36-12)18-4-16(34-11-23-5-14(6-23)10-35-23)3-17(19(18)25)20(33)32-13(2)15-8-30-22(31-9-15)24(26,27)28/h3-4,7-9,13-14H,5-6,10-11H2,1-2H3,(H,32,33)/t13-,14?,23?/m1/s1. The van der Waals surface area contributed by atoms with E-state index in [9.17, 15) is 18.0 Å². The number of nitrogens with one attached hydrogen (secondary N) is 1. The van der Waals surface area contributed by atoms with Crippen molar-refractivity contribution in [3.8, 4) is 16.3 Å². The highest BCUT2D eigenvalue weighted by Gasteiger charge is 2.52. The van der Waals surface area contributed by atoms with Crippen LogP contribution in [0.25, 0.3) is 10.6 Å². The van der Waals surface area contributed by atoms with Crippen molar-refractivity contribution in [1.82, 2.24) is 20.3 Å². The number of ether oxygens (including phenoxy) is 2. The summed E-state index contributed by atoms with van der Waals surface area (Å²) in [6.07, 6.45) is 0.710. The molecule has 0 radical (unpaired) electrons. The number of halogens is 4. The number of amides is 1. The maximum atomic E-state index is 15.5. The molecule has 1 saturated carbocycles. The first-order chi connectivity index (χ1) is 17.0. The van der Waals surface area contributed by atoms with E-state index in [1.165, 1.54) is 30.4 Å². The van der Waals surface area contributed by atoms with Crippen LogP contribution < -0.4 is 10.1 Å². The molecule has 2 saturated heterocycles. The van der Waals surface area contributed by atoms with Crippen molar-refractivity contribution in [2.24, 2.45) is 5.92 Å². The van der Waals surface area contributed by atoms with Crippen molar-refractivity contribution in [3.63, 3.8) is 0 Å². The summed E-state index contributed by atoms with van der Waals surface area (Å²) in [6.45, 7) is 4.36. The van der Waals surface area contributed by atoms with Crippen molar-refractivity contribution < 1.29 is 31.8 Å². The highest BCUT2D eigenvalue weighted by atomic mass is 32.1. The predicted molar refractivity (Wildman–Crippen MR) is 122 cm³/mol. The first-order valence-electron chi connectivity index (χ1n) is 11.3. The van der Waals surface area contributed by atoms with Gasteiger partial charge in [0.1, 0.15) is 28.8 Å². The topological polar surface area (TPSA) is 86.2 Å². The number of carbonyl (C=O) groups is 1. The molecule has 3 aliphatic rings. The summed E-state index contributed by atoms with van der Waals surface area (Å²) in [5, 5.41) is 2.99. The van der Waals surface area contributed by atoms with Crippen LogP contribution in [0.15, 0.2) is 30.7 Å². The number of carbonyl (C=O) groups excluding carboxylic acids is 1. The van der Waals surface area contributed by atoms with Crippen LogP contribution >= 0.6 is 11.3 Å². The molecule has 4 heterocycles. The molecule has 36 heavy (non-hydrogen) atoms. The fourth-order valence-corrected chi connectivity index (χ4v) is 5.22. The normalized spacial score (nSPS) is 21.7. The van der Waals surface area contributed by atoms with Gasteiger partial charge in [-0.1, -0.05) is 0 Å². The van der Waals surface area contributed by atoms with E-state index in [2.05, 4.69) is 20.3 Å². The van der Waals surface area contributed by atoms with Crippen molar-refractivity contribution in [1.29, 1.82) is 0 Å². The van der Waals surface area contributed by atoms with Crippen molar-refractivity contribution in [2.75, 3.05) is 13.2 Å². The van der Waals surface area contributed by atoms with Gasteiger partial charge in [0, 0.05) is 29.0 Å². The van der Waals surface area contributed by atoms with Gasteiger partial charge in [-0.25, -0.2) is 19.3 Å². The van der Waals surface area contributed by atoms with Crippen LogP contribution in [0.4, 0.5) is 17.6 Å². The molecule has 1 N–H and O–H groups in total. The Balaban J connectivity index is 1.39. The van der Waals surface area contributed by atoms with E-state index in [4.69, 9.17) is 9.47 Å². The first kappa shape index (κ1) is 24.6. The molecular formula is C24H22F4N4O3S. The Morgan fingerprint density at radius 1 is 1.25 bits per heavy atom. The SMILES string of the molecule is Cc1cnc(-c2cc(OCC34CC(CO3)C4)cc(C(=O)N[C@H](C)c3cnc(C(F)(F)F)nc3)c2F)s1. The summed E-state index contributed by atoms with van der Waals surface area (Å²) in [7, 11) is 0. The van der Waals surface area contributed by atoms with Crippen molar-refractivity contribution in [2.45, 2.75) is 44.5 Å². The maximum absolute atomic E-state index is 15.5. The van der Waals surface area contributed by atoms with Crippen molar-refractivity contribution >= 4 is 17.2 Å². The molecule has 6 rings (SSSR count). The minimum absolute atomic E-state index is 0.123. The van der Waals surface area contributed by atoms with Gasteiger partial charge in [0.2, 0.25) is 5.82 Å². The van der Waals surface area contributed by atoms with Gasteiger partial charge in [-0.2, -0.15) is 13.2 Å². The van der Waals surface area contributed by atoms with E-state index < -0.39 is 29.8 Å². The quantitative estimate of drug-likeness (QED) is 0.434. The van der Waals surface area contributed by atoms with Gasteiger partial charge in [0.15, 0.2) is 0 Å². The van der Waals surface area contributed by atoms with E-state index >= 15 is 4.39 Å². The summed E-state index contributed by atoms with van der Waals surface area (Å²) in [6, 6.07) is 2.04. The number of aromatic nitrogens is 3. The van der Waals surface area contributed by atoms with Crippen LogP contribution in [0, 0.1) is 18.7 Å². The zero-order chi connectivity index (χ0) is 25.7. The minimum atomic E-state index is -4.68. The molecule has 3 aromatic rings. The number of hydrogen-bond acceptors (Lipinski definition) is 7. The molecule has 190 valence electrons. The van der Waals surface area contributed by atoms with Crippen LogP contribution in [0.3, 0.4) is 0 Å². The van der Waals surface area contributed by atoms with Gasteiger partial charge in [-0.3, -0.25) is 4.79 Å². The summed E-state index contributed by atoms with van der Waals surface area (Å²) < 4.78 is 65.5. The van der Waals surface area contributed by atoms with Crippen LogP contribution in [0.5, 0.6) is 5.75 Å². The Hall–Kier alpha value is -3.12. The predicted octanol–water partition coefficient (Wildman–Crippen LogP) is 5.12. The first-order valence-corrected chi connectivity index (χ1v) is 12.1. The molecule has 2 aromatic heterocycles. The van der Waals surface area contributed by atoms with Crippen molar-refractivity contribution in [3.05, 3.63) is 58.4 Å². The maximum Gasteiger partial charge on any atom is 0.451 e. The summed E-state index contributed by atoms with van der Waals surface area (Å²) in [5.41, 5.74) is -0.253. The Kier molecular flexibility index (Phi) is 6.19. The molecule has 0 unspecified atom stereocenters. The zero-order valence-corrected chi connectivity index (χ0v) is 20.2. The molecule has 1 aliphatic carbocycles. The summed E-state index contributed by atoms with van der Waals surface area (Å²) in [5.74, 6) is -1.98. The van der Waals surface area contributed by atoms with E-state index in [0.717, 1.165) is 30.1 Å². The van der Waals surface area contributed by atoms with E-state index in [1.807, 2.05) is 6.92 Å². The Morgan fingerprint density at radius 2 is 1.97 bits per heavy atom. The van der Waals surface area contributed by atoms with Gasteiger partial charge in [0.25, 0.3) is 5.91 Å². The Bertz CT molecular complexity index is 1280. The smallest absolute Gasteiger partial charge is 0.451 e. The Labute approximate surface area is 207 Å². The van der Waals surface area contributed by atoms with E-state index in [-0.39, 0.29) is 28.9 Å². The lowest BCUT2D eigenvalue weighted by Gasteiger charge is -2.35. The van der Waals surface area contributed by atoms with Crippen LogP contribution in [-0.2, 0) is 10.9 Å². The monoisotopic (exact) mass is 522 g/mol.